The lowest BCUT2D eigenvalue weighted by Gasteiger charge is -2.52. The van der Waals surface area contributed by atoms with Gasteiger partial charge in [-0.2, -0.15) is 0 Å². The third-order valence-corrected chi connectivity index (χ3v) is 5.75. The summed E-state index contributed by atoms with van der Waals surface area (Å²) in [6, 6.07) is 2.44. The first-order chi connectivity index (χ1) is 11.8. The minimum Gasteiger partial charge on any atom is -0.492 e. The zero-order valence-electron chi connectivity index (χ0n) is 16.1. The minimum atomic E-state index is -0.539. The highest BCUT2D eigenvalue weighted by atomic mass is 16.5. The van der Waals surface area contributed by atoms with Gasteiger partial charge in [0.25, 0.3) is 0 Å². The third-order valence-electron chi connectivity index (χ3n) is 5.75. The highest BCUT2D eigenvalue weighted by molar-refractivity contribution is 5.58. The predicted molar refractivity (Wildman–Crippen MR) is 102 cm³/mol. The Balaban J connectivity index is 1.72. The van der Waals surface area contributed by atoms with Gasteiger partial charge in [0.2, 0.25) is 0 Å². The van der Waals surface area contributed by atoms with E-state index in [4.69, 9.17) is 9.72 Å². The maximum Gasteiger partial charge on any atom is 0.138 e. The zero-order chi connectivity index (χ0) is 18.2. The molecule has 138 valence electrons. The molecule has 1 fully saturated rings. The molecule has 0 bridgehead atoms. The number of hydrogen-bond donors (Lipinski definition) is 1. The summed E-state index contributed by atoms with van der Waals surface area (Å²) in [5, 5.41) is 10.6. The SMILES string of the molecule is C=C1CCc2cc(OCCC(C)C)cnc2N1[C@H]1C[C@](O)(C(C)C)C1. The number of aromatic nitrogens is 1. The highest BCUT2D eigenvalue weighted by Gasteiger charge is 2.48. The first-order valence-corrected chi connectivity index (χ1v) is 9.61. The summed E-state index contributed by atoms with van der Waals surface area (Å²) in [7, 11) is 0. The van der Waals surface area contributed by atoms with E-state index in [9.17, 15) is 5.11 Å². The summed E-state index contributed by atoms with van der Waals surface area (Å²) >= 11 is 0. The van der Waals surface area contributed by atoms with Crippen molar-refractivity contribution in [2.75, 3.05) is 11.5 Å². The molecule has 1 aliphatic heterocycles. The van der Waals surface area contributed by atoms with Gasteiger partial charge in [0.15, 0.2) is 0 Å². The molecule has 25 heavy (non-hydrogen) atoms. The number of hydrogen-bond acceptors (Lipinski definition) is 4. The van der Waals surface area contributed by atoms with Crippen LogP contribution in [0.15, 0.2) is 24.5 Å². The molecule has 0 unspecified atom stereocenters. The lowest BCUT2D eigenvalue weighted by molar-refractivity contribution is -0.0842. The van der Waals surface area contributed by atoms with Crippen LogP contribution in [-0.2, 0) is 6.42 Å². The molecule has 1 aliphatic carbocycles. The van der Waals surface area contributed by atoms with Gasteiger partial charge in [-0.05, 0) is 55.6 Å². The number of nitrogens with zero attached hydrogens (tertiary/aromatic N) is 2. The van der Waals surface area contributed by atoms with Crippen molar-refractivity contribution in [1.82, 2.24) is 4.98 Å². The summed E-state index contributed by atoms with van der Waals surface area (Å²) < 4.78 is 5.87. The number of anilines is 1. The average molecular weight is 344 g/mol. The normalized spacial score (nSPS) is 26.0. The lowest BCUT2D eigenvalue weighted by atomic mass is 9.68. The van der Waals surface area contributed by atoms with Crippen molar-refractivity contribution >= 4 is 5.82 Å². The second-order valence-electron chi connectivity index (χ2n) is 8.44. The Morgan fingerprint density at radius 3 is 2.68 bits per heavy atom. The van der Waals surface area contributed by atoms with Gasteiger partial charge in [0.1, 0.15) is 11.6 Å². The summed E-state index contributed by atoms with van der Waals surface area (Å²) in [4.78, 5) is 6.96. The highest BCUT2D eigenvalue weighted by Crippen LogP contribution is 2.46. The molecule has 0 atom stereocenters. The number of allylic oxidation sites excluding steroid dienone is 1. The van der Waals surface area contributed by atoms with Crippen molar-refractivity contribution in [3.63, 3.8) is 0 Å². The summed E-state index contributed by atoms with van der Waals surface area (Å²) in [5.41, 5.74) is 1.81. The lowest BCUT2D eigenvalue weighted by Crippen LogP contribution is -2.58. The number of fused-ring (bicyclic) bond motifs is 1. The average Bonchev–Trinajstić information content (AvgIpc) is 2.52. The van der Waals surface area contributed by atoms with Crippen LogP contribution >= 0.6 is 0 Å². The standard InChI is InChI=1S/C21H32N2O2/c1-14(2)8-9-25-19-10-17-7-6-16(5)23(20(17)22-13-19)18-11-21(24,12-18)15(3)4/h10,13-15,18,24H,5-9,11-12H2,1-4H3/t18-,21+. The molecule has 3 rings (SSSR count). The summed E-state index contributed by atoms with van der Waals surface area (Å²) in [6.07, 6.45) is 6.36. The quantitative estimate of drug-likeness (QED) is 0.835. The van der Waals surface area contributed by atoms with E-state index < -0.39 is 5.60 Å². The molecule has 2 heterocycles. The Morgan fingerprint density at radius 1 is 1.32 bits per heavy atom. The van der Waals surface area contributed by atoms with Crippen molar-refractivity contribution in [2.45, 2.75) is 71.4 Å². The fourth-order valence-corrected chi connectivity index (χ4v) is 3.76. The predicted octanol–water partition coefficient (Wildman–Crippen LogP) is 4.32. The Morgan fingerprint density at radius 2 is 2.04 bits per heavy atom. The molecule has 1 N–H and O–H groups in total. The monoisotopic (exact) mass is 344 g/mol. The van der Waals surface area contributed by atoms with E-state index in [0.29, 0.717) is 12.0 Å². The van der Waals surface area contributed by atoms with E-state index in [-0.39, 0.29) is 5.92 Å². The number of ether oxygens (including phenoxy) is 1. The second-order valence-corrected chi connectivity index (χ2v) is 8.44. The van der Waals surface area contributed by atoms with E-state index in [0.717, 1.165) is 56.0 Å². The first-order valence-electron chi connectivity index (χ1n) is 9.61. The summed E-state index contributed by atoms with van der Waals surface area (Å²) in [6.45, 7) is 13.6. The van der Waals surface area contributed by atoms with Gasteiger partial charge in [0, 0.05) is 11.7 Å². The van der Waals surface area contributed by atoms with E-state index >= 15 is 0 Å². The van der Waals surface area contributed by atoms with Crippen molar-refractivity contribution < 1.29 is 9.84 Å². The van der Waals surface area contributed by atoms with E-state index in [2.05, 4.69) is 45.2 Å². The van der Waals surface area contributed by atoms with Gasteiger partial charge in [-0.1, -0.05) is 34.3 Å². The number of aliphatic hydroxyl groups is 1. The van der Waals surface area contributed by atoms with Crippen molar-refractivity contribution in [1.29, 1.82) is 0 Å². The Hall–Kier alpha value is -1.55. The molecule has 0 amide bonds. The van der Waals surface area contributed by atoms with Crippen LogP contribution < -0.4 is 9.64 Å². The van der Waals surface area contributed by atoms with Crippen LogP contribution in [0.4, 0.5) is 5.82 Å². The first kappa shape index (κ1) is 18.2. The topological polar surface area (TPSA) is 45.6 Å². The number of rotatable bonds is 6. The van der Waals surface area contributed by atoms with Gasteiger partial charge in [-0.3, -0.25) is 0 Å². The molecule has 0 aromatic carbocycles. The van der Waals surface area contributed by atoms with Crippen molar-refractivity contribution in [2.24, 2.45) is 11.8 Å². The minimum absolute atomic E-state index is 0.283. The Labute approximate surface area is 151 Å². The van der Waals surface area contributed by atoms with Gasteiger partial charge >= 0.3 is 0 Å². The molecule has 0 saturated heterocycles. The Bertz CT molecular complexity index is 633. The molecular formula is C21H32N2O2. The van der Waals surface area contributed by atoms with Crippen molar-refractivity contribution in [3.8, 4) is 5.75 Å². The van der Waals surface area contributed by atoms with E-state index in [1.807, 2.05) is 6.20 Å². The molecule has 0 radical (unpaired) electrons. The molecule has 4 nitrogen and oxygen atoms in total. The maximum atomic E-state index is 10.6. The van der Waals surface area contributed by atoms with Crippen molar-refractivity contribution in [3.05, 3.63) is 30.1 Å². The molecule has 4 heteroatoms. The molecule has 1 saturated carbocycles. The van der Waals surface area contributed by atoms with Crippen LogP contribution in [0.2, 0.25) is 0 Å². The fourth-order valence-electron chi connectivity index (χ4n) is 3.76. The molecule has 1 aromatic rings. The van der Waals surface area contributed by atoms with Crippen LogP contribution in [0, 0.1) is 11.8 Å². The van der Waals surface area contributed by atoms with Gasteiger partial charge in [-0.15, -0.1) is 0 Å². The number of aryl methyl sites for hydroxylation is 1. The van der Waals surface area contributed by atoms with Crippen LogP contribution in [-0.4, -0.2) is 28.3 Å². The molecule has 2 aliphatic rings. The molecule has 1 aromatic heterocycles. The summed E-state index contributed by atoms with van der Waals surface area (Å²) in [5.74, 6) is 2.79. The molecular weight excluding hydrogens is 312 g/mol. The van der Waals surface area contributed by atoms with Crippen LogP contribution in [0.3, 0.4) is 0 Å². The van der Waals surface area contributed by atoms with E-state index in [1.165, 1.54) is 5.56 Å². The number of pyridine rings is 1. The van der Waals surface area contributed by atoms with Gasteiger partial charge < -0.3 is 14.7 Å². The zero-order valence-corrected chi connectivity index (χ0v) is 16.1. The van der Waals surface area contributed by atoms with Crippen LogP contribution in [0.5, 0.6) is 5.75 Å². The van der Waals surface area contributed by atoms with Crippen LogP contribution in [0.1, 0.15) is 58.9 Å². The van der Waals surface area contributed by atoms with Gasteiger partial charge in [0.05, 0.1) is 18.4 Å². The third kappa shape index (κ3) is 3.69. The fraction of sp³-hybridized carbons (Fsp3) is 0.667. The smallest absolute Gasteiger partial charge is 0.138 e. The van der Waals surface area contributed by atoms with E-state index in [1.54, 1.807) is 0 Å². The second kappa shape index (κ2) is 6.99. The Kier molecular flexibility index (Phi) is 5.10. The largest absolute Gasteiger partial charge is 0.492 e. The molecule has 0 spiro atoms. The van der Waals surface area contributed by atoms with Gasteiger partial charge in [-0.25, -0.2) is 4.98 Å². The van der Waals surface area contributed by atoms with Crippen LogP contribution in [0.25, 0.3) is 0 Å². The maximum absolute atomic E-state index is 10.6.